The molecule has 0 bridgehead atoms. The van der Waals surface area contributed by atoms with Crippen molar-refractivity contribution in [1.29, 1.82) is 0 Å². The van der Waals surface area contributed by atoms with E-state index in [0.717, 1.165) is 5.56 Å². The van der Waals surface area contributed by atoms with Gasteiger partial charge in [0, 0.05) is 0 Å². The van der Waals surface area contributed by atoms with E-state index in [9.17, 15) is 10.1 Å². The molecule has 0 aliphatic carbocycles. The molecular weight excluding hydrogens is 282 g/mol. The number of methoxy groups -OCH3 is 1. The van der Waals surface area contributed by atoms with E-state index in [0.29, 0.717) is 12.4 Å². The molecule has 0 aliphatic rings. The lowest BCUT2D eigenvalue weighted by atomic mass is 10.1. The topological polar surface area (TPSA) is 81.8 Å². The van der Waals surface area contributed by atoms with Crippen molar-refractivity contribution < 1.29 is 19.5 Å². The fourth-order valence-corrected chi connectivity index (χ4v) is 2.35. The summed E-state index contributed by atoms with van der Waals surface area (Å²) < 4.78 is 10.7. The average molecular weight is 295 g/mol. The third kappa shape index (κ3) is 3.06. The van der Waals surface area contributed by atoms with Crippen LogP contribution in [0, 0.1) is 10.1 Å². The summed E-state index contributed by atoms with van der Waals surface area (Å²) in [4.78, 5) is 10.4. The second-order valence-corrected chi connectivity index (χ2v) is 4.75. The molecule has 0 amide bonds. The van der Waals surface area contributed by atoms with Crippen LogP contribution in [0.15, 0.2) is 29.0 Å². The number of hydrogen-bond donors (Lipinski definition) is 1. The number of aliphatic hydroxyl groups is 1. The van der Waals surface area contributed by atoms with Gasteiger partial charge in [0.2, 0.25) is 0 Å². The van der Waals surface area contributed by atoms with Crippen molar-refractivity contribution in [3.8, 4) is 11.5 Å². The molecule has 2 rings (SSSR count). The molecule has 0 atom stereocenters. The van der Waals surface area contributed by atoms with Gasteiger partial charge in [0.1, 0.15) is 6.61 Å². The molecule has 106 valence electrons. The van der Waals surface area contributed by atoms with Gasteiger partial charge in [-0.1, -0.05) is 0 Å². The summed E-state index contributed by atoms with van der Waals surface area (Å²) in [6.07, 6.45) is 0. The molecule has 0 aliphatic heterocycles. The van der Waals surface area contributed by atoms with Crippen molar-refractivity contribution in [2.45, 2.75) is 13.2 Å². The third-order valence-corrected chi connectivity index (χ3v) is 3.44. The van der Waals surface area contributed by atoms with Crippen LogP contribution < -0.4 is 9.47 Å². The number of hydrogen-bond acceptors (Lipinski definition) is 6. The molecular formula is C13H13NO5S. The highest BCUT2D eigenvalue weighted by Gasteiger charge is 2.19. The zero-order chi connectivity index (χ0) is 14.5. The van der Waals surface area contributed by atoms with Gasteiger partial charge in [-0.05, 0) is 28.5 Å². The monoisotopic (exact) mass is 295 g/mol. The highest BCUT2D eigenvalue weighted by molar-refractivity contribution is 7.07. The Hall–Kier alpha value is -2.12. The fourth-order valence-electron chi connectivity index (χ4n) is 1.70. The maximum absolute atomic E-state index is 11.0. The number of nitro benzene ring substituents is 1. The predicted molar refractivity (Wildman–Crippen MR) is 74.2 cm³/mol. The molecule has 0 fully saturated rings. The minimum atomic E-state index is -0.553. The highest BCUT2D eigenvalue weighted by atomic mass is 32.1. The minimum absolute atomic E-state index is 0.186. The average Bonchev–Trinajstić information content (AvgIpc) is 2.97. The molecule has 0 saturated heterocycles. The van der Waals surface area contributed by atoms with Crippen LogP contribution in [-0.2, 0) is 13.2 Å². The number of rotatable bonds is 6. The molecule has 2 aromatic rings. The van der Waals surface area contributed by atoms with Gasteiger partial charge in [0.15, 0.2) is 11.5 Å². The van der Waals surface area contributed by atoms with E-state index in [2.05, 4.69) is 0 Å². The van der Waals surface area contributed by atoms with Crippen molar-refractivity contribution in [1.82, 2.24) is 0 Å². The van der Waals surface area contributed by atoms with E-state index in [4.69, 9.17) is 14.6 Å². The first kappa shape index (κ1) is 14.3. The smallest absolute Gasteiger partial charge is 0.278 e. The molecule has 7 heteroatoms. The first-order valence-corrected chi connectivity index (χ1v) is 6.70. The first-order chi connectivity index (χ1) is 9.65. The Morgan fingerprint density at radius 2 is 2.20 bits per heavy atom. The van der Waals surface area contributed by atoms with Crippen LogP contribution >= 0.6 is 11.3 Å². The molecule has 0 unspecified atom stereocenters. The lowest BCUT2D eigenvalue weighted by Gasteiger charge is -2.11. The number of nitrogens with zero attached hydrogens (tertiary/aromatic N) is 1. The maximum atomic E-state index is 11.0. The van der Waals surface area contributed by atoms with Gasteiger partial charge in [-0.25, -0.2) is 0 Å². The van der Waals surface area contributed by atoms with Crippen LogP contribution in [0.3, 0.4) is 0 Å². The van der Waals surface area contributed by atoms with Crippen LogP contribution in [0.5, 0.6) is 11.5 Å². The highest BCUT2D eigenvalue weighted by Crippen LogP contribution is 2.35. The van der Waals surface area contributed by atoms with E-state index in [1.165, 1.54) is 19.2 Å². The number of aliphatic hydroxyl groups excluding tert-OH is 1. The largest absolute Gasteiger partial charge is 0.493 e. The van der Waals surface area contributed by atoms with Crippen molar-refractivity contribution in [2.75, 3.05) is 7.11 Å². The minimum Gasteiger partial charge on any atom is -0.493 e. The molecule has 1 N–H and O–H groups in total. The van der Waals surface area contributed by atoms with Gasteiger partial charge < -0.3 is 14.6 Å². The Morgan fingerprint density at radius 1 is 1.40 bits per heavy atom. The molecule has 0 spiro atoms. The first-order valence-electron chi connectivity index (χ1n) is 5.75. The van der Waals surface area contributed by atoms with E-state index < -0.39 is 11.5 Å². The summed E-state index contributed by atoms with van der Waals surface area (Å²) in [5.74, 6) is 0.637. The van der Waals surface area contributed by atoms with Gasteiger partial charge >= 0.3 is 0 Å². The van der Waals surface area contributed by atoms with E-state index >= 15 is 0 Å². The van der Waals surface area contributed by atoms with Gasteiger partial charge in [0.05, 0.1) is 30.3 Å². The zero-order valence-electron chi connectivity index (χ0n) is 10.7. The standard InChI is InChI=1S/C13H13NO5S/c1-18-12-4-10(6-15)11(14(16)17)5-13(12)19-7-9-2-3-20-8-9/h2-5,8,15H,6-7H2,1H3. The zero-order valence-corrected chi connectivity index (χ0v) is 11.6. The molecule has 1 aromatic heterocycles. The predicted octanol–water partition coefficient (Wildman–Crippen LogP) is 2.74. The summed E-state index contributed by atoms with van der Waals surface area (Å²) in [6.45, 7) is -0.132. The third-order valence-electron chi connectivity index (χ3n) is 2.71. The Bertz CT molecular complexity index is 597. The van der Waals surface area contributed by atoms with Gasteiger partial charge in [-0.3, -0.25) is 10.1 Å². The number of ether oxygens (including phenoxy) is 2. The Kier molecular flexibility index (Phi) is 4.54. The van der Waals surface area contributed by atoms with E-state index in [1.54, 1.807) is 11.3 Å². The molecule has 6 nitrogen and oxygen atoms in total. The fraction of sp³-hybridized carbons (Fsp3) is 0.231. The van der Waals surface area contributed by atoms with Crippen molar-refractivity contribution in [3.05, 3.63) is 50.2 Å². The lowest BCUT2D eigenvalue weighted by molar-refractivity contribution is -0.386. The van der Waals surface area contributed by atoms with Crippen molar-refractivity contribution in [2.24, 2.45) is 0 Å². The van der Waals surface area contributed by atoms with Gasteiger partial charge in [-0.15, -0.1) is 0 Å². The number of benzene rings is 1. The summed E-state index contributed by atoms with van der Waals surface area (Å²) in [6, 6.07) is 4.60. The van der Waals surface area contributed by atoms with Crippen LogP contribution in [0.2, 0.25) is 0 Å². The normalized spacial score (nSPS) is 10.3. The molecule has 20 heavy (non-hydrogen) atoms. The Balaban J connectivity index is 2.30. The second-order valence-electron chi connectivity index (χ2n) is 3.97. The number of thiophene rings is 1. The van der Waals surface area contributed by atoms with Crippen LogP contribution in [0.4, 0.5) is 5.69 Å². The molecule has 1 aromatic carbocycles. The Labute approximate surface area is 119 Å². The van der Waals surface area contributed by atoms with E-state index in [1.807, 2.05) is 16.8 Å². The van der Waals surface area contributed by atoms with Gasteiger partial charge in [0.25, 0.3) is 5.69 Å². The molecule has 1 heterocycles. The summed E-state index contributed by atoms with van der Waals surface area (Å²) in [7, 11) is 1.44. The van der Waals surface area contributed by atoms with Crippen LogP contribution in [0.25, 0.3) is 0 Å². The van der Waals surface area contributed by atoms with Crippen molar-refractivity contribution in [3.63, 3.8) is 0 Å². The summed E-state index contributed by atoms with van der Waals surface area (Å²) in [5, 5.41) is 24.0. The van der Waals surface area contributed by atoms with Crippen molar-refractivity contribution >= 4 is 17.0 Å². The maximum Gasteiger partial charge on any atom is 0.278 e. The second kappa shape index (κ2) is 6.36. The quantitative estimate of drug-likeness (QED) is 0.654. The summed E-state index contributed by atoms with van der Waals surface area (Å²) >= 11 is 1.55. The van der Waals surface area contributed by atoms with Gasteiger partial charge in [-0.2, -0.15) is 11.3 Å². The summed E-state index contributed by atoms with van der Waals surface area (Å²) in [5.41, 5.74) is 0.981. The molecule has 0 radical (unpaired) electrons. The number of nitro groups is 1. The Morgan fingerprint density at radius 3 is 2.75 bits per heavy atom. The van der Waals surface area contributed by atoms with Crippen LogP contribution in [-0.4, -0.2) is 17.1 Å². The lowest BCUT2D eigenvalue weighted by Crippen LogP contribution is -2.01. The molecule has 0 saturated carbocycles. The van der Waals surface area contributed by atoms with Crippen LogP contribution in [0.1, 0.15) is 11.1 Å². The SMILES string of the molecule is COc1cc(CO)c([N+](=O)[O-])cc1OCc1ccsc1. The van der Waals surface area contributed by atoms with E-state index in [-0.39, 0.29) is 17.0 Å².